The fourth-order valence-corrected chi connectivity index (χ4v) is 4.69. The number of rotatable bonds is 3. The predicted molar refractivity (Wildman–Crippen MR) is 103 cm³/mol. The minimum absolute atomic E-state index is 0.0766. The van der Waals surface area contributed by atoms with Gasteiger partial charge in [-0.3, -0.25) is 4.90 Å². The van der Waals surface area contributed by atoms with E-state index < -0.39 is 0 Å². The van der Waals surface area contributed by atoms with Crippen molar-refractivity contribution in [2.45, 2.75) is 25.4 Å². The van der Waals surface area contributed by atoms with Crippen LogP contribution in [0.5, 0.6) is 0 Å². The second-order valence-electron chi connectivity index (χ2n) is 7.44. The van der Waals surface area contributed by atoms with Crippen LogP contribution >= 0.6 is 23.2 Å². The highest BCUT2D eigenvalue weighted by Crippen LogP contribution is 2.40. The minimum atomic E-state index is -0.0766. The smallest absolute Gasteiger partial charge is 0.322 e. The topological polar surface area (TPSA) is 41.4 Å². The van der Waals surface area contributed by atoms with Crippen LogP contribution in [0.3, 0.4) is 0 Å². The molecule has 2 heterocycles. The maximum absolute atomic E-state index is 12.5. The van der Waals surface area contributed by atoms with Gasteiger partial charge >= 0.3 is 6.03 Å². The van der Waals surface area contributed by atoms with E-state index in [0.29, 0.717) is 22.9 Å². The summed E-state index contributed by atoms with van der Waals surface area (Å²) in [6.45, 7) is 2.47. The van der Waals surface area contributed by atoms with Crippen molar-refractivity contribution in [3.05, 3.63) is 52.3 Å². The van der Waals surface area contributed by atoms with Gasteiger partial charge < -0.3 is 4.90 Å². The van der Waals surface area contributed by atoms with E-state index in [1.165, 1.54) is 16.4 Å². The number of carbonyl (C=O) groups excluding carboxylic acids is 1. The number of aromatic nitrogens is 2. The normalized spacial score (nSPS) is 25.1. The summed E-state index contributed by atoms with van der Waals surface area (Å²) < 4.78 is 1.34. The van der Waals surface area contributed by atoms with Gasteiger partial charge in [0.15, 0.2) is 0 Å². The Morgan fingerprint density at radius 1 is 1.23 bits per heavy atom. The third kappa shape index (κ3) is 3.48. The lowest BCUT2D eigenvalue weighted by molar-refractivity contribution is 0.192. The first kappa shape index (κ1) is 17.8. The molecule has 1 saturated heterocycles. The Labute approximate surface area is 163 Å². The molecule has 0 spiro atoms. The molecule has 1 aliphatic heterocycles. The quantitative estimate of drug-likeness (QED) is 0.792. The van der Waals surface area contributed by atoms with Crippen LogP contribution in [0, 0.1) is 11.8 Å². The fraction of sp³-hybridized carbons (Fsp3) is 0.474. The van der Waals surface area contributed by atoms with E-state index in [1.54, 1.807) is 6.20 Å². The Balaban J connectivity index is 1.34. The molecule has 1 amide bonds. The van der Waals surface area contributed by atoms with Crippen molar-refractivity contribution in [3.8, 4) is 0 Å². The summed E-state index contributed by atoms with van der Waals surface area (Å²) in [7, 11) is 2.17. The standard InChI is InChI=1S/C19H22Cl2N4O/c1-23(9-13-4-2-3-5-18(13)21)17-6-14-10-24(11-15(14)7-17)19(26)25-12-16(20)8-22-25/h2-5,8,12,14-15,17H,6-7,9-11H2,1H3/t14-,15+,17?. The molecule has 7 heteroatoms. The number of carbonyl (C=O) groups is 1. The summed E-state index contributed by atoms with van der Waals surface area (Å²) in [5.41, 5.74) is 1.17. The maximum Gasteiger partial charge on any atom is 0.344 e. The molecule has 1 aromatic heterocycles. The summed E-state index contributed by atoms with van der Waals surface area (Å²) in [5.74, 6) is 1.12. The predicted octanol–water partition coefficient (Wildman–Crippen LogP) is 4.00. The average molecular weight is 393 g/mol. The zero-order valence-corrected chi connectivity index (χ0v) is 16.2. The third-order valence-corrected chi connectivity index (χ3v) is 6.31. The average Bonchev–Trinajstić information content (AvgIpc) is 3.30. The van der Waals surface area contributed by atoms with E-state index in [0.717, 1.165) is 37.5 Å². The van der Waals surface area contributed by atoms with Gasteiger partial charge in [-0.1, -0.05) is 41.4 Å². The maximum atomic E-state index is 12.5. The van der Waals surface area contributed by atoms with Crippen LogP contribution in [0.15, 0.2) is 36.7 Å². The van der Waals surface area contributed by atoms with E-state index in [-0.39, 0.29) is 6.03 Å². The van der Waals surface area contributed by atoms with Crippen LogP contribution in [-0.2, 0) is 6.54 Å². The highest BCUT2D eigenvalue weighted by atomic mass is 35.5. The zero-order chi connectivity index (χ0) is 18.3. The molecule has 1 saturated carbocycles. The Kier molecular flexibility index (Phi) is 4.95. The Morgan fingerprint density at radius 2 is 1.92 bits per heavy atom. The molecule has 26 heavy (non-hydrogen) atoms. The molecular formula is C19H22Cl2N4O. The molecule has 4 rings (SSSR count). The molecule has 2 aliphatic rings. The van der Waals surface area contributed by atoms with Gasteiger partial charge in [0.1, 0.15) is 0 Å². The van der Waals surface area contributed by atoms with E-state index in [2.05, 4.69) is 23.1 Å². The molecule has 2 fully saturated rings. The number of hydrogen-bond acceptors (Lipinski definition) is 3. The van der Waals surface area contributed by atoms with E-state index in [4.69, 9.17) is 23.2 Å². The molecule has 1 aromatic carbocycles. The molecule has 3 atom stereocenters. The van der Waals surface area contributed by atoms with Crippen LogP contribution in [0.1, 0.15) is 18.4 Å². The van der Waals surface area contributed by atoms with Gasteiger partial charge in [0, 0.05) is 30.7 Å². The van der Waals surface area contributed by atoms with Gasteiger partial charge in [0.2, 0.25) is 0 Å². The van der Waals surface area contributed by atoms with Crippen molar-refractivity contribution >= 4 is 29.2 Å². The fourth-order valence-electron chi connectivity index (χ4n) is 4.36. The molecule has 0 bridgehead atoms. The van der Waals surface area contributed by atoms with Crippen LogP contribution < -0.4 is 0 Å². The first-order valence-electron chi connectivity index (χ1n) is 8.94. The Bertz CT molecular complexity index is 794. The SMILES string of the molecule is CN(Cc1ccccc1Cl)C1C[C@@H]2CN(C(=O)n3cc(Cl)cn3)C[C@@H]2C1. The molecule has 5 nitrogen and oxygen atoms in total. The highest BCUT2D eigenvalue weighted by molar-refractivity contribution is 6.31. The summed E-state index contributed by atoms with van der Waals surface area (Å²) in [5, 5.41) is 5.34. The lowest BCUT2D eigenvalue weighted by Crippen LogP contribution is -2.36. The summed E-state index contributed by atoms with van der Waals surface area (Å²) in [6.07, 6.45) is 5.30. The zero-order valence-electron chi connectivity index (χ0n) is 14.7. The molecule has 138 valence electrons. The monoisotopic (exact) mass is 392 g/mol. The van der Waals surface area contributed by atoms with Gasteiger partial charge in [-0.25, -0.2) is 4.79 Å². The van der Waals surface area contributed by atoms with Crippen molar-refractivity contribution in [2.75, 3.05) is 20.1 Å². The van der Waals surface area contributed by atoms with Crippen molar-refractivity contribution in [1.82, 2.24) is 19.6 Å². The second-order valence-corrected chi connectivity index (χ2v) is 8.29. The lowest BCUT2D eigenvalue weighted by Gasteiger charge is -2.26. The number of fused-ring (bicyclic) bond motifs is 1. The molecule has 0 radical (unpaired) electrons. The van der Waals surface area contributed by atoms with E-state index in [9.17, 15) is 4.79 Å². The molecule has 0 N–H and O–H groups in total. The minimum Gasteiger partial charge on any atom is -0.322 e. The number of hydrogen-bond donors (Lipinski definition) is 0. The second kappa shape index (κ2) is 7.22. The molecule has 1 aliphatic carbocycles. The lowest BCUT2D eigenvalue weighted by atomic mass is 10.0. The van der Waals surface area contributed by atoms with E-state index >= 15 is 0 Å². The first-order valence-corrected chi connectivity index (χ1v) is 9.70. The Hall–Kier alpha value is -1.56. The van der Waals surface area contributed by atoms with E-state index in [1.807, 2.05) is 23.1 Å². The molecule has 1 unspecified atom stereocenters. The highest BCUT2D eigenvalue weighted by Gasteiger charge is 2.43. The summed E-state index contributed by atoms with van der Waals surface area (Å²) in [6, 6.07) is 8.49. The van der Waals surface area contributed by atoms with Crippen LogP contribution in [-0.4, -0.2) is 51.8 Å². The van der Waals surface area contributed by atoms with Crippen molar-refractivity contribution in [3.63, 3.8) is 0 Å². The van der Waals surface area contributed by atoms with Gasteiger partial charge in [0.25, 0.3) is 0 Å². The number of nitrogens with zero attached hydrogens (tertiary/aromatic N) is 4. The van der Waals surface area contributed by atoms with Gasteiger partial charge in [-0.15, -0.1) is 0 Å². The largest absolute Gasteiger partial charge is 0.344 e. The van der Waals surface area contributed by atoms with Gasteiger partial charge in [-0.2, -0.15) is 9.78 Å². The number of amides is 1. The third-order valence-electron chi connectivity index (χ3n) is 5.74. The Morgan fingerprint density at radius 3 is 2.54 bits per heavy atom. The number of halogens is 2. The van der Waals surface area contributed by atoms with Gasteiger partial charge in [0.05, 0.1) is 17.4 Å². The van der Waals surface area contributed by atoms with Crippen molar-refractivity contribution in [1.29, 1.82) is 0 Å². The molecular weight excluding hydrogens is 371 g/mol. The summed E-state index contributed by atoms with van der Waals surface area (Å²) >= 11 is 12.2. The van der Waals surface area contributed by atoms with Crippen LogP contribution in [0.25, 0.3) is 0 Å². The number of likely N-dealkylation sites (tertiary alicyclic amines) is 1. The van der Waals surface area contributed by atoms with Crippen molar-refractivity contribution in [2.24, 2.45) is 11.8 Å². The van der Waals surface area contributed by atoms with Crippen LogP contribution in [0.4, 0.5) is 4.79 Å². The number of benzene rings is 1. The van der Waals surface area contributed by atoms with Gasteiger partial charge in [-0.05, 0) is 43.4 Å². The summed E-state index contributed by atoms with van der Waals surface area (Å²) in [4.78, 5) is 16.8. The van der Waals surface area contributed by atoms with Crippen molar-refractivity contribution < 1.29 is 4.79 Å². The van der Waals surface area contributed by atoms with Crippen LogP contribution in [0.2, 0.25) is 10.0 Å². The first-order chi connectivity index (χ1) is 12.5. The molecule has 2 aromatic rings.